The maximum Gasteiger partial charge on any atom is 0.219 e. The number of nitrogen functional groups attached to an aromatic ring is 1. The fourth-order valence-corrected chi connectivity index (χ4v) is 3.64. The van der Waals surface area contributed by atoms with E-state index in [1.165, 1.54) is 6.20 Å². The van der Waals surface area contributed by atoms with Crippen LogP contribution in [-0.4, -0.2) is 24.9 Å². The second-order valence-corrected chi connectivity index (χ2v) is 7.99. The summed E-state index contributed by atoms with van der Waals surface area (Å²) in [6.07, 6.45) is 6.96. The van der Waals surface area contributed by atoms with Crippen molar-refractivity contribution in [1.82, 2.24) is 24.9 Å². The molecule has 0 radical (unpaired) electrons. The lowest BCUT2D eigenvalue weighted by Gasteiger charge is -2.08. The van der Waals surface area contributed by atoms with E-state index in [0.717, 1.165) is 33.5 Å². The molecule has 0 saturated carbocycles. The van der Waals surface area contributed by atoms with Crippen LogP contribution >= 0.6 is 0 Å². The molecule has 0 atom stereocenters. The molecule has 3 heterocycles. The third kappa shape index (κ3) is 4.63. The van der Waals surface area contributed by atoms with Gasteiger partial charge < -0.3 is 5.73 Å². The zero-order valence-corrected chi connectivity index (χ0v) is 18.5. The SMILES string of the molecule is Cc1ccc(-c2cc(-c3nccc(Cc4ccc(-c5cnc(N)nc5)cc4)n3)ncc2F)cc1. The van der Waals surface area contributed by atoms with Crippen LogP contribution in [0, 0.1) is 12.7 Å². The number of halogens is 1. The fraction of sp³-hybridized carbons (Fsp3) is 0.0741. The minimum absolute atomic E-state index is 0.251. The molecule has 2 N–H and O–H groups in total. The van der Waals surface area contributed by atoms with Crippen LogP contribution in [0.2, 0.25) is 0 Å². The zero-order valence-electron chi connectivity index (χ0n) is 18.5. The molecule has 0 aliphatic rings. The molecule has 2 aromatic carbocycles. The van der Waals surface area contributed by atoms with Crippen LogP contribution in [0.25, 0.3) is 33.8 Å². The van der Waals surface area contributed by atoms with Gasteiger partial charge in [-0.2, -0.15) is 0 Å². The predicted molar refractivity (Wildman–Crippen MR) is 130 cm³/mol. The van der Waals surface area contributed by atoms with Gasteiger partial charge in [0.2, 0.25) is 5.95 Å². The highest BCUT2D eigenvalue weighted by atomic mass is 19.1. The first kappa shape index (κ1) is 21.3. The fourth-order valence-electron chi connectivity index (χ4n) is 3.64. The van der Waals surface area contributed by atoms with Crippen molar-refractivity contribution in [3.05, 3.63) is 108 Å². The van der Waals surface area contributed by atoms with Gasteiger partial charge >= 0.3 is 0 Å². The Balaban J connectivity index is 1.38. The lowest BCUT2D eigenvalue weighted by Crippen LogP contribution is -1.99. The maximum atomic E-state index is 14.5. The Morgan fingerprint density at radius 1 is 0.765 bits per heavy atom. The van der Waals surface area contributed by atoms with Crippen LogP contribution in [0.4, 0.5) is 10.3 Å². The van der Waals surface area contributed by atoms with Crippen LogP contribution in [0.3, 0.4) is 0 Å². The molecular weight excluding hydrogens is 427 g/mol. The van der Waals surface area contributed by atoms with Crippen molar-refractivity contribution < 1.29 is 4.39 Å². The van der Waals surface area contributed by atoms with E-state index in [9.17, 15) is 4.39 Å². The lowest BCUT2D eigenvalue weighted by molar-refractivity contribution is 0.625. The van der Waals surface area contributed by atoms with Gasteiger partial charge in [0.1, 0.15) is 11.5 Å². The summed E-state index contributed by atoms with van der Waals surface area (Å²) in [5.74, 6) is 0.332. The third-order valence-electron chi connectivity index (χ3n) is 5.50. The molecule has 0 aliphatic heterocycles. The largest absolute Gasteiger partial charge is 0.368 e. The van der Waals surface area contributed by atoms with Crippen molar-refractivity contribution in [3.63, 3.8) is 0 Å². The highest BCUT2D eigenvalue weighted by Crippen LogP contribution is 2.26. The molecule has 5 aromatic rings. The summed E-state index contributed by atoms with van der Waals surface area (Å²) in [5.41, 5.74) is 12.3. The number of pyridine rings is 1. The third-order valence-corrected chi connectivity index (χ3v) is 5.50. The molecule has 0 fully saturated rings. The Kier molecular flexibility index (Phi) is 5.74. The molecule has 5 rings (SSSR count). The zero-order chi connectivity index (χ0) is 23.5. The number of nitrogens with two attached hydrogens (primary N) is 1. The summed E-state index contributed by atoms with van der Waals surface area (Å²) in [6.45, 7) is 2.00. The van der Waals surface area contributed by atoms with Gasteiger partial charge in [-0.05, 0) is 35.7 Å². The number of nitrogens with zero attached hydrogens (tertiary/aromatic N) is 5. The van der Waals surface area contributed by atoms with Crippen LogP contribution in [0.5, 0.6) is 0 Å². The van der Waals surface area contributed by atoms with Gasteiger partial charge in [-0.15, -0.1) is 0 Å². The summed E-state index contributed by atoms with van der Waals surface area (Å²) in [4.78, 5) is 21.4. The number of aryl methyl sites for hydroxylation is 1. The summed E-state index contributed by atoms with van der Waals surface area (Å²) >= 11 is 0. The van der Waals surface area contributed by atoms with Gasteiger partial charge in [0.05, 0.1) is 6.20 Å². The summed E-state index contributed by atoms with van der Waals surface area (Å²) in [7, 11) is 0. The van der Waals surface area contributed by atoms with E-state index in [4.69, 9.17) is 5.73 Å². The van der Waals surface area contributed by atoms with Crippen molar-refractivity contribution in [2.24, 2.45) is 0 Å². The van der Waals surface area contributed by atoms with Crippen LogP contribution in [0.15, 0.2) is 85.5 Å². The molecule has 7 heteroatoms. The van der Waals surface area contributed by atoms with Gasteiger partial charge in [0.25, 0.3) is 0 Å². The van der Waals surface area contributed by atoms with Gasteiger partial charge in [-0.3, -0.25) is 0 Å². The van der Waals surface area contributed by atoms with Gasteiger partial charge in [-0.1, -0.05) is 54.1 Å². The van der Waals surface area contributed by atoms with E-state index < -0.39 is 0 Å². The molecule has 0 saturated heterocycles. The normalized spacial score (nSPS) is 10.9. The van der Waals surface area contributed by atoms with Crippen molar-refractivity contribution >= 4 is 5.95 Å². The van der Waals surface area contributed by atoms with E-state index in [1.807, 2.05) is 61.5 Å². The smallest absolute Gasteiger partial charge is 0.219 e. The molecule has 0 unspecified atom stereocenters. The molecule has 0 spiro atoms. The number of hydrogen-bond donors (Lipinski definition) is 1. The Morgan fingerprint density at radius 3 is 2.21 bits per heavy atom. The monoisotopic (exact) mass is 448 g/mol. The Hall–Kier alpha value is -4.52. The van der Waals surface area contributed by atoms with E-state index in [-0.39, 0.29) is 11.8 Å². The average Bonchev–Trinajstić information content (AvgIpc) is 2.86. The van der Waals surface area contributed by atoms with E-state index in [0.29, 0.717) is 23.5 Å². The lowest BCUT2D eigenvalue weighted by atomic mass is 10.0. The Bertz CT molecular complexity index is 1430. The highest BCUT2D eigenvalue weighted by Gasteiger charge is 2.12. The average molecular weight is 449 g/mol. The second kappa shape index (κ2) is 9.15. The number of hydrogen-bond acceptors (Lipinski definition) is 6. The van der Waals surface area contributed by atoms with Crippen molar-refractivity contribution in [2.45, 2.75) is 13.3 Å². The topological polar surface area (TPSA) is 90.5 Å². The standard InChI is InChI=1S/C27H21FN6/c1-17-2-6-20(7-3-17)23-13-25(31-16-24(23)28)26-30-11-10-22(34-26)12-18-4-8-19(9-5-18)21-14-32-27(29)33-15-21/h2-11,13-16H,12H2,1H3,(H2,29,32,33). The molecule has 0 amide bonds. The summed E-state index contributed by atoms with van der Waals surface area (Å²) < 4.78 is 14.5. The summed E-state index contributed by atoms with van der Waals surface area (Å²) in [5, 5.41) is 0. The van der Waals surface area contributed by atoms with Crippen LogP contribution in [-0.2, 0) is 6.42 Å². The minimum Gasteiger partial charge on any atom is -0.368 e. The minimum atomic E-state index is -0.379. The van der Waals surface area contributed by atoms with Crippen LogP contribution < -0.4 is 5.73 Å². The molecule has 34 heavy (non-hydrogen) atoms. The quantitative estimate of drug-likeness (QED) is 0.393. The van der Waals surface area contributed by atoms with E-state index in [2.05, 4.69) is 24.9 Å². The number of anilines is 1. The molecule has 0 bridgehead atoms. The molecule has 3 aromatic heterocycles. The molecule has 166 valence electrons. The first-order valence-electron chi connectivity index (χ1n) is 10.8. The maximum absolute atomic E-state index is 14.5. The Morgan fingerprint density at radius 2 is 1.47 bits per heavy atom. The number of rotatable bonds is 5. The Labute approximate surface area is 196 Å². The van der Waals surface area contributed by atoms with Crippen molar-refractivity contribution in [2.75, 3.05) is 5.73 Å². The van der Waals surface area contributed by atoms with Gasteiger partial charge in [-0.25, -0.2) is 29.3 Å². The van der Waals surface area contributed by atoms with E-state index >= 15 is 0 Å². The first-order valence-corrected chi connectivity index (χ1v) is 10.8. The number of benzene rings is 2. The summed E-state index contributed by atoms with van der Waals surface area (Å²) in [6, 6.07) is 19.4. The first-order chi connectivity index (χ1) is 16.5. The molecular formula is C27H21FN6. The molecule has 6 nitrogen and oxygen atoms in total. The van der Waals surface area contributed by atoms with Crippen LogP contribution in [0.1, 0.15) is 16.8 Å². The number of aromatic nitrogens is 5. The van der Waals surface area contributed by atoms with Crippen molar-refractivity contribution in [1.29, 1.82) is 0 Å². The second-order valence-electron chi connectivity index (χ2n) is 7.99. The van der Waals surface area contributed by atoms with Gasteiger partial charge in [0, 0.05) is 41.8 Å². The molecule has 0 aliphatic carbocycles. The van der Waals surface area contributed by atoms with Crippen molar-refractivity contribution in [3.8, 4) is 33.8 Å². The van der Waals surface area contributed by atoms with Gasteiger partial charge in [0.15, 0.2) is 5.82 Å². The predicted octanol–water partition coefficient (Wildman–Crippen LogP) is 5.28. The highest BCUT2D eigenvalue weighted by molar-refractivity contribution is 5.69. The van der Waals surface area contributed by atoms with E-state index in [1.54, 1.807) is 24.7 Å².